The molecule has 0 bridgehead atoms. The Morgan fingerprint density at radius 2 is 1.76 bits per heavy atom. The number of carbonyl (C=O) groups is 2. The van der Waals surface area contributed by atoms with Crippen LogP contribution in [0.4, 0.5) is 8.78 Å². The lowest BCUT2D eigenvalue weighted by Crippen LogP contribution is -2.73. The molecule has 2 aliphatic heterocycles. The van der Waals surface area contributed by atoms with E-state index in [4.69, 9.17) is 0 Å². The van der Waals surface area contributed by atoms with Crippen molar-refractivity contribution >= 4 is 11.8 Å². The van der Waals surface area contributed by atoms with Crippen LogP contribution in [0.25, 0.3) is 11.1 Å². The number of hydrogen-bond acceptors (Lipinski definition) is 3. The zero-order valence-corrected chi connectivity index (χ0v) is 17.7. The maximum Gasteiger partial charge on any atom is 0.254 e. The van der Waals surface area contributed by atoms with Crippen molar-refractivity contribution in [3.05, 3.63) is 95.6 Å². The zero-order chi connectivity index (χ0) is 23.1. The summed E-state index contributed by atoms with van der Waals surface area (Å²) < 4.78 is 27.7. The van der Waals surface area contributed by atoms with Gasteiger partial charge in [-0.3, -0.25) is 9.59 Å². The Hall–Kier alpha value is -3.58. The van der Waals surface area contributed by atoms with Crippen LogP contribution in [0.3, 0.4) is 0 Å². The van der Waals surface area contributed by atoms with Crippen LogP contribution >= 0.6 is 0 Å². The Morgan fingerprint density at radius 3 is 2.45 bits per heavy atom. The van der Waals surface area contributed by atoms with E-state index in [-0.39, 0.29) is 55.0 Å². The minimum Gasteiger partial charge on any atom is -0.394 e. The molecule has 7 heteroatoms. The first kappa shape index (κ1) is 21.3. The second-order valence-electron chi connectivity index (χ2n) is 8.44. The van der Waals surface area contributed by atoms with Gasteiger partial charge in [0.25, 0.3) is 5.91 Å². The lowest BCUT2D eigenvalue weighted by Gasteiger charge is -2.58. The highest BCUT2D eigenvalue weighted by molar-refractivity contribution is 5.97. The summed E-state index contributed by atoms with van der Waals surface area (Å²) in [4.78, 5) is 28.8. The molecule has 2 saturated heterocycles. The molecule has 2 aliphatic rings. The van der Waals surface area contributed by atoms with E-state index in [9.17, 15) is 23.5 Å². The van der Waals surface area contributed by atoms with Gasteiger partial charge in [0.1, 0.15) is 18.2 Å². The van der Waals surface area contributed by atoms with Gasteiger partial charge in [-0.1, -0.05) is 48.5 Å². The van der Waals surface area contributed by atoms with Crippen LogP contribution in [0.1, 0.15) is 21.8 Å². The van der Waals surface area contributed by atoms with E-state index in [1.165, 1.54) is 29.2 Å². The molecule has 2 fully saturated rings. The fourth-order valence-corrected chi connectivity index (χ4v) is 5.04. The SMILES string of the molecule is O=C(c1cccc(F)c1)N1CC(=O)N2[C@H](C1)[C@H](c1ccc(-c3ccccc3F)cc1)[C@@H]2CO. The van der Waals surface area contributed by atoms with Crippen molar-refractivity contribution in [1.82, 2.24) is 9.80 Å². The van der Waals surface area contributed by atoms with Crippen molar-refractivity contribution in [2.45, 2.75) is 18.0 Å². The molecule has 0 aliphatic carbocycles. The number of fused-ring (bicyclic) bond motifs is 1. The predicted octanol–water partition coefficient (Wildman–Crippen LogP) is 3.44. The van der Waals surface area contributed by atoms with E-state index in [0.717, 1.165) is 17.2 Å². The van der Waals surface area contributed by atoms with Crippen LogP contribution in [-0.2, 0) is 4.79 Å². The first-order valence-corrected chi connectivity index (χ1v) is 10.8. The maximum absolute atomic E-state index is 14.1. The highest BCUT2D eigenvalue weighted by Gasteiger charge is 2.54. The van der Waals surface area contributed by atoms with Gasteiger partial charge in [-0.15, -0.1) is 0 Å². The van der Waals surface area contributed by atoms with Crippen molar-refractivity contribution in [2.24, 2.45) is 0 Å². The fourth-order valence-electron chi connectivity index (χ4n) is 5.04. The van der Waals surface area contributed by atoms with Gasteiger partial charge in [-0.05, 0) is 35.4 Å². The van der Waals surface area contributed by atoms with Crippen molar-refractivity contribution in [2.75, 3.05) is 19.7 Å². The van der Waals surface area contributed by atoms with Crippen LogP contribution in [0, 0.1) is 11.6 Å². The third-order valence-corrected chi connectivity index (χ3v) is 6.59. The highest BCUT2D eigenvalue weighted by Crippen LogP contribution is 2.43. The van der Waals surface area contributed by atoms with Crippen molar-refractivity contribution < 1.29 is 23.5 Å². The summed E-state index contributed by atoms with van der Waals surface area (Å²) in [5.41, 5.74) is 2.33. The van der Waals surface area contributed by atoms with Crippen molar-refractivity contribution in [3.8, 4) is 11.1 Å². The minimum atomic E-state index is -0.511. The number of hydrogen-bond donors (Lipinski definition) is 1. The Bertz CT molecular complexity index is 1210. The van der Waals surface area contributed by atoms with Crippen LogP contribution < -0.4 is 0 Å². The molecule has 0 aromatic heterocycles. The zero-order valence-electron chi connectivity index (χ0n) is 17.7. The Morgan fingerprint density at radius 1 is 1.00 bits per heavy atom. The lowest BCUT2D eigenvalue weighted by atomic mass is 9.73. The molecule has 168 valence electrons. The standard InChI is InChI=1S/C26H22F2N2O3/c27-19-5-3-4-18(12-19)26(33)29-13-22-25(23(15-31)30(22)24(32)14-29)17-10-8-16(9-11-17)20-6-1-2-7-21(20)28/h1-12,22-23,25,31H,13-15H2/t22-,23+,25+/m1/s1. The van der Waals surface area contributed by atoms with Crippen LogP contribution in [0.2, 0.25) is 0 Å². The summed E-state index contributed by atoms with van der Waals surface area (Å²) in [5.74, 6) is -1.63. The second kappa shape index (κ2) is 8.41. The van der Waals surface area contributed by atoms with Gasteiger partial charge in [0, 0.05) is 23.6 Å². The van der Waals surface area contributed by atoms with E-state index in [2.05, 4.69) is 0 Å². The number of nitrogens with zero attached hydrogens (tertiary/aromatic N) is 2. The summed E-state index contributed by atoms with van der Waals surface area (Å²) in [6.07, 6.45) is 0. The molecule has 1 N–H and O–H groups in total. The first-order chi connectivity index (χ1) is 16.0. The number of halogens is 2. The third-order valence-electron chi connectivity index (χ3n) is 6.59. The predicted molar refractivity (Wildman–Crippen MR) is 118 cm³/mol. The van der Waals surface area contributed by atoms with Gasteiger partial charge in [0.15, 0.2) is 0 Å². The average molecular weight is 448 g/mol. The normalized spacial score (nSPS) is 22.0. The van der Waals surface area contributed by atoms with Gasteiger partial charge in [-0.2, -0.15) is 0 Å². The molecule has 3 atom stereocenters. The van der Waals surface area contributed by atoms with Gasteiger partial charge < -0.3 is 14.9 Å². The number of benzene rings is 3. The third kappa shape index (κ3) is 3.68. The lowest BCUT2D eigenvalue weighted by molar-refractivity contribution is -0.159. The van der Waals surface area contributed by atoms with Gasteiger partial charge in [0.05, 0.1) is 18.7 Å². The molecule has 33 heavy (non-hydrogen) atoms. The molecule has 0 saturated carbocycles. The highest BCUT2D eigenvalue weighted by atomic mass is 19.1. The summed E-state index contributed by atoms with van der Waals surface area (Å²) in [6.45, 7) is -0.0155. The Labute approximate surface area is 189 Å². The number of amides is 2. The number of piperazine rings is 1. The molecule has 0 unspecified atom stereocenters. The van der Waals surface area contributed by atoms with Crippen LogP contribution in [0.5, 0.6) is 0 Å². The van der Waals surface area contributed by atoms with Crippen molar-refractivity contribution in [3.63, 3.8) is 0 Å². The molecule has 0 radical (unpaired) electrons. The molecule has 5 rings (SSSR count). The van der Waals surface area contributed by atoms with E-state index in [0.29, 0.717) is 5.56 Å². The molecule has 3 aromatic carbocycles. The summed E-state index contributed by atoms with van der Waals surface area (Å²) >= 11 is 0. The molecule has 3 aromatic rings. The quantitative estimate of drug-likeness (QED) is 0.665. The smallest absolute Gasteiger partial charge is 0.254 e. The van der Waals surface area contributed by atoms with Gasteiger partial charge in [0.2, 0.25) is 5.91 Å². The van der Waals surface area contributed by atoms with Crippen LogP contribution in [0.15, 0.2) is 72.8 Å². The monoisotopic (exact) mass is 448 g/mol. The van der Waals surface area contributed by atoms with Gasteiger partial charge >= 0.3 is 0 Å². The summed E-state index contributed by atoms with van der Waals surface area (Å²) in [6, 6.07) is 18.7. The number of aliphatic hydroxyl groups excluding tert-OH is 1. The molecular weight excluding hydrogens is 426 g/mol. The maximum atomic E-state index is 14.1. The fraction of sp³-hybridized carbons (Fsp3) is 0.231. The van der Waals surface area contributed by atoms with E-state index in [1.807, 2.05) is 24.3 Å². The van der Waals surface area contributed by atoms with Gasteiger partial charge in [-0.25, -0.2) is 8.78 Å². The molecule has 2 heterocycles. The largest absolute Gasteiger partial charge is 0.394 e. The molecule has 0 spiro atoms. The van der Waals surface area contributed by atoms with Crippen LogP contribution in [-0.4, -0.2) is 58.5 Å². The topological polar surface area (TPSA) is 60.9 Å². The minimum absolute atomic E-state index is 0.110. The molecule has 5 nitrogen and oxygen atoms in total. The number of rotatable bonds is 4. The Kier molecular flexibility index (Phi) is 5.42. The molecule has 2 amide bonds. The average Bonchev–Trinajstić information content (AvgIpc) is 2.81. The van der Waals surface area contributed by atoms with E-state index in [1.54, 1.807) is 23.1 Å². The van der Waals surface area contributed by atoms with E-state index >= 15 is 0 Å². The number of aliphatic hydroxyl groups is 1. The Balaban J connectivity index is 1.40. The number of carbonyl (C=O) groups excluding carboxylic acids is 2. The van der Waals surface area contributed by atoms with Crippen molar-refractivity contribution in [1.29, 1.82) is 0 Å². The first-order valence-electron chi connectivity index (χ1n) is 10.8. The molecular formula is C26H22F2N2O3. The second-order valence-corrected chi connectivity index (χ2v) is 8.44. The summed E-state index contributed by atoms with van der Waals surface area (Å²) in [5, 5.41) is 9.96. The summed E-state index contributed by atoms with van der Waals surface area (Å²) in [7, 11) is 0. The van der Waals surface area contributed by atoms with E-state index < -0.39 is 11.7 Å².